The maximum Gasteiger partial charge on any atom is 0.257 e. The van der Waals surface area contributed by atoms with Gasteiger partial charge in [-0.1, -0.05) is 36.4 Å². The van der Waals surface area contributed by atoms with Crippen molar-refractivity contribution in [3.63, 3.8) is 0 Å². The first kappa shape index (κ1) is 18.3. The molecule has 0 unspecified atom stereocenters. The number of carbonyl (C=O) groups is 1. The summed E-state index contributed by atoms with van der Waals surface area (Å²) < 4.78 is 1.71. The van der Waals surface area contributed by atoms with Crippen molar-refractivity contribution in [2.24, 2.45) is 7.05 Å². The average Bonchev–Trinajstić information content (AvgIpc) is 3.50. The highest BCUT2D eigenvalue weighted by molar-refractivity contribution is 7.13. The molecule has 1 amide bonds. The van der Waals surface area contributed by atoms with Crippen LogP contribution >= 0.6 is 11.3 Å². The molecule has 0 saturated heterocycles. The molecule has 0 aliphatic heterocycles. The number of carbonyl (C=O) groups excluding carboxylic acids is 1. The summed E-state index contributed by atoms with van der Waals surface area (Å²) in [5.41, 5.74) is 4.46. The highest BCUT2D eigenvalue weighted by Gasteiger charge is 2.20. The van der Waals surface area contributed by atoms with Crippen LogP contribution in [0.4, 0.5) is 5.82 Å². The van der Waals surface area contributed by atoms with Crippen molar-refractivity contribution in [3.8, 4) is 21.8 Å². The molecule has 2 N–H and O–H groups in total. The molecule has 30 heavy (non-hydrogen) atoms. The molecule has 148 valence electrons. The summed E-state index contributed by atoms with van der Waals surface area (Å²) in [6.07, 6.45) is 0. The van der Waals surface area contributed by atoms with Crippen molar-refractivity contribution in [2.75, 3.05) is 5.32 Å². The van der Waals surface area contributed by atoms with Crippen molar-refractivity contribution >= 4 is 34.1 Å². The van der Waals surface area contributed by atoms with E-state index in [1.807, 2.05) is 73.9 Å². The summed E-state index contributed by atoms with van der Waals surface area (Å²) in [5.74, 6) is 0.219. The minimum absolute atomic E-state index is 0.250. The lowest BCUT2D eigenvalue weighted by atomic mass is 10.0. The van der Waals surface area contributed by atoms with E-state index in [0.29, 0.717) is 17.0 Å². The molecule has 7 nitrogen and oxygen atoms in total. The second kappa shape index (κ2) is 7.23. The van der Waals surface area contributed by atoms with Gasteiger partial charge in [-0.3, -0.25) is 14.6 Å². The van der Waals surface area contributed by atoms with Crippen molar-refractivity contribution in [1.29, 1.82) is 0 Å². The third-order valence-electron chi connectivity index (χ3n) is 4.89. The number of hydrogen-bond donors (Lipinski definition) is 2. The lowest BCUT2D eigenvalue weighted by molar-refractivity contribution is 0.102. The van der Waals surface area contributed by atoms with Gasteiger partial charge in [-0.05, 0) is 24.4 Å². The molecule has 1 aromatic carbocycles. The molecule has 4 heterocycles. The Morgan fingerprint density at radius 1 is 1.13 bits per heavy atom. The lowest BCUT2D eigenvalue weighted by Gasteiger charge is -2.08. The van der Waals surface area contributed by atoms with Crippen LogP contribution in [0, 0.1) is 6.92 Å². The first-order valence-corrected chi connectivity index (χ1v) is 10.3. The monoisotopic (exact) mass is 414 g/mol. The van der Waals surface area contributed by atoms with Gasteiger partial charge in [0.15, 0.2) is 11.5 Å². The molecule has 5 aromatic rings. The van der Waals surface area contributed by atoms with Gasteiger partial charge in [0, 0.05) is 18.7 Å². The van der Waals surface area contributed by atoms with E-state index in [4.69, 9.17) is 4.98 Å². The number of nitrogens with zero attached hydrogens (tertiary/aromatic N) is 4. The Balaban J connectivity index is 1.56. The number of nitrogens with one attached hydrogen (secondary N) is 2. The molecule has 4 aromatic heterocycles. The van der Waals surface area contributed by atoms with E-state index in [1.165, 1.54) is 0 Å². The number of aromatic amines is 1. The van der Waals surface area contributed by atoms with E-state index in [1.54, 1.807) is 16.0 Å². The van der Waals surface area contributed by atoms with E-state index < -0.39 is 0 Å². The molecule has 0 aliphatic rings. The van der Waals surface area contributed by atoms with E-state index in [-0.39, 0.29) is 5.91 Å². The van der Waals surface area contributed by atoms with Gasteiger partial charge in [0.1, 0.15) is 0 Å². The van der Waals surface area contributed by atoms with E-state index >= 15 is 0 Å². The van der Waals surface area contributed by atoms with Gasteiger partial charge < -0.3 is 5.32 Å². The fraction of sp³-hybridized carbons (Fsp3) is 0.0909. The Morgan fingerprint density at radius 2 is 1.97 bits per heavy atom. The zero-order valence-corrected chi connectivity index (χ0v) is 17.2. The highest BCUT2D eigenvalue weighted by atomic mass is 32.1. The van der Waals surface area contributed by atoms with Gasteiger partial charge in [0.2, 0.25) is 0 Å². The Kier molecular flexibility index (Phi) is 4.40. The number of amides is 1. The topological polar surface area (TPSA) is 88.5 Å². The first-order chi connectivity index (χ1) is 14.6. The highest BCUT2D eigenvalue weighted by Crippen LogP contribution is 2.28. The molecular formula is C22H18N6OS. The number of aryl methyl sites for hydroxylation is 2. The molecular weight excluding hydrogens is 396 g/mol. The Hall–Kier alpha value is -3.78. The maximum absolute atomic E-state index is 13.2. The number of rotatable bonds is 4. The van der Waals surface area contributed by atoms with Crippen LogP contribution in [0.1, 0.15) is 16.1 Å². The van der Waals surface area contributed by atoms with Crippen LogP contribution in [0.3, 0.4) is 0 Å². The van der Waals surface area contributed by atoms with Crippen LogP contribution in [-0.4, -0.2) is 30.9 Å². The Bertz CT molecular complexity index is 1350. The molecule has 0 saturated carbocycles. The summed E-state index contributed by atoms with van der Waals surface area (Å²) in [7, 11) is 1.83. The number of anilines is 1. The summed E-state index contributed by atoms with van der Waals surface area (Å²) >= 11 is 1.61. The summed E-state index contributed by atoms with van der Waals surface area (Å²) in [4.78, 5) is 19.1. The largest absolute Gasteiger partial charge is 0.305 e. The summed E-state index contributed by atoms with van der Waals surface area (Å²) in [6, 6.07) is 17.4. The zero-order valence-electron chi connectivity index (χ0n) is 16.4. The van der Waals surface area contributed by atoms with Crippen LogP contribution in [0.5, 0.6) is 0 Å². The van der Waals surface area contributed by atoms with Gasteiger partial charge >= 0.3 is 0 Å². The molecule has 0 fully saturated rings. The summed E-state index contributed by atoms with van der Waals surface area (Å²) in [5, 5.41) is 17.3. The normalized spacial score (nSPS) is 11.1. The summed E-state index contributed by atoms with van der Waals surface area (Å²) in [6.45, 7) is 1.88. The predicted molar refractivity (Wildman–Crippen MR) is 119 cm³/mol. The maximum atomic E-state index is 13.2. The molecule has 0 atom stereocenters. The van der Waals surface area contributed by atoms with Crippen LogP contribution < -0.4 is 5.32 Å². The molecule has 0 radical (unpaired) electrons. The van der Waals surface area contributed by atoms with Crippen molar-refractivity contribution in [1.82, 2.24) is 25.0 Å². The van der Waals surface area contributed by atoms with Crippen molar-refractivity contribution in [3.05, 3.63) is 71.2 Å². The fourth-order valence-electron chi connectivity index (χ4n) is 3.51. The Morgan fingerprint density at radius 3 is 2.73 bits per heavy atom. The molecule has 0 aliphatic carbocycles. The Labute approximate surface area is 176 Å². The first-order valence-electron chi connectivity index (χ1n) is 9.40. The third-order valence-corrected chi connectivity index (χ3v) is 5.79. The number of pyridine rings is 1. The van der Waals surface area contributed by atoms with Crippen LogP contribution in [0.25, 0.3) is 32.9 Å². The lowest BCUT2D eigenvalue weighted by Crippen LogP contribution is -2.13. The fourth-order valence-corrected chi connectivity index (χ4v) is 4.20. The van der Waals surface area contributed by atoms with Crippen molar-refractivity contribution in [2.45, 2.75) is 6.92 Å². The number of fused-ring (bicyclic) bond motifs is 1. The quantitative estimate of drug-likeness (QED) is 0.448. The average molecular weight is 414 g/mol. The van der Waals surface area contributed by atoms with E-state index in [0.717, 1.165) is 32.9 Å². The van der Waals surface area contributed by atoms with Gasteiger partial charge in [0.25, 0.3) is 5.91 Å². The predicted octanol–water partition coefficient (Wildman–Crippen LogP) is 4.65. The second-order valence-electron chi connectivity index (χ2n) is 6.93. The molecule has 0 bridgehead atoms. The molecule has 0 spiro atoms. The SMILES string of the molecule is Cc1nn(C)c2nc(-c3ccccc3)cc(C(=O)Nc3cc(-c4cccs4)[nH]n3)c12. The smallest absolute Gasteiger partial charge is 0.257 e. The van der Waals surface area contributed by atoms with Gasteiger partial charge in [-0.25, -0.2) is 4.98 Å². The zero-order chi connectivity index (χ0) is 20.7. The van der Waals surface area contributed by atoms with Crippen LogP contribution in [0.2, 0.25) is 0 Å². The number of benzene rings is 1. The minimum Gasteiger partial charge on any atom is -0.305 e. The second-order valence-corrected chi connectivity index (χ2v) is 7.87. The minimum atomic E-state index is -0.250. The van der Waals surface area contributed by atoms with Crippen LogP contribution in [-0.2, 0) is 7.05 Å². The number of thiophene rings is 1. The molecule has 8 heteroatoms. The van der Waals surface area contributed by atoms with Gasteiger partial charge in [0.05, 0.1) is 32.9 Å². The number of H-pyrrole nitrogens is 1. The van der Waals surface area contributed by atoms with E-state index in [2.05, 4.69) is 20.6 Å². The van der Waals surface area contributed by atoms with Crippen molar-refractivity contribution < 1.29 is 4.79 Å². The standard InChI is InChI=1S/C22H18N6OS/c1-13-20-15(22(29)24-19-12-17(25-26-19)18-9-6-10-30-18)11-16(14-7-4-3-5-8-14)23-21(20)28(2)27-13/h3-12H,1-2H3,(H2,24,25,26,29). The van der Waals surface area contributed by atoms with Gasteiger partial charge in [-0.15, -0.1) is 11.3 Å². The van der Waals surface area contributed by atoms with Crippen LogP contribution in [0.15, 0.2) is 60.0 Å². The third kappa shape index (κ3) is 3.17. The van der Waals surface area contributed by atoms with E-state index in [9.17, 15) is 4.79 Å². The van der Waals surface area contributed by atoms with Gasteiger partial charge in [-0.2, -0.15) is 10.2 Å². The number of hydrogen-bond acceptors (Lipinski definition) is 5. The molecule has 5 rings (SSSR count). The number of aromatic nitrogens is 5.